The molecule has 1 heterocycles. The highest BCUT2D eigenvalue weighted by Gasteiger charge is 2.17. The first-order valence-electron chi connectivity index (χ1n) is 10.6. The Morgan fingerprint density at radius 3 is 2.47 bits per heavy atom. The molecule has 2 N–H and O–H groups in total. The fraction of sp³-hybridized carbons (Fsp3) is 0.208. The van der Waals surface area contributed by atoms with Crippen molar-refractivity contribution in [3.63, 3.8) is 0 Å². The van der Waals surface area contributed by atoms with Gasteiger partial charge in [-0.05, 0) is 49.2 Å². The standard InChI is InChI=1S/C24H26N4O4S2/c1-4-15-34(31,32)27-22-12-8-11-21(17(22)2)26-23(30)14-13-19-16-33-24(25-19)28(18(3)29)20-9-6-5-7-10-20/h5-14,16,27H,4,15H2,1-3H3,(H,26,30)/b14-13+. The lowest BCUT2D eigenvalue weighted by Gasteiger charge is -2.17. The molecule has 10 heteroatoms. The summed E-state index contributed by atoms with van der Waals surface area (Å²) in [6, 6.07) is 14.2. The van der Waals surface area contributed by atoms with Crippen molar-refractivity contribution < 1.29 is 18.0 Å². The maximum absolute atomic E-state index is 12.5. The lowest BCUT2D eigenvalue weighted by atomic mass is 10.1. The van der Waals surface area contributed by atoms with E-state index in [4.69, 9.17) is 0 Å². The highest BCUT2D eigenvalue weighted by atomic mass is 32.2. The molecule has 0 saturated heterocycles. The molecule has 3 rings (SSSR count). The number of thiazole rings is 1. The number of para-hydroxylation sites is 1. The summed E-state index contributed by atoms with van der Waals surface area (Å²) in [5.41, 5.74) is 2.78. The van der Waals surface area contributed by atoms with Gasteiger partial charge >= 0.3 is 0 Å². The van der Waals surface area contributed by atoms with Crippen LogP contribution in [-0.2, 0) is 19.6 Å². The van der Waals surface area contributed by atoms with Gasteiger partial charge in [0.05, 0.1) is 22.8 Å². The predicted octanol–water partition coefficient (Wildman–Crippen LogP) is 4.94. The highest BCUT2D eigenvalue weighted by Crippen LogP contribution is 2.29. The second kappa shape index (κ2) is 11.1. The van der Waals surface area contributed by atoms with Crippen LogP contribution in [0.25, 0.3) is 6.08 Å². The van der Waals surface area contributed by atoms with E-state index < -0.39 is 15.9 Å². The summed E-state index contributed by atoms with van der Waals surface area (Å²) in [6.45, 7) is 4.99. The molecule has 0 aliphatic rings. The largest absolute Gasteiger partial charge is 0.322 e. The van der Waals surface area contributed by atoms with Crippen LogP contribution in [-0.4, -0.2) is 31.0 Å². The Bertz CT molecular complexity index is 1300. The van der Waals surface area contributed by atoms with Gasteiger partial charge < -0.3 is 5.32 Å². The Labute approximate surface area is 203 Å². The topological polar surface area (TPSA) is 108 Å². The molecule has 2 amide bonds. The number of benzene rings is 2. The molecule has 2 aromatic carbocycles. The van der Waals surface area contributed by atoms with Gasteiger partial charge in [0.15, 0.2) is 5.13 Å². The van der Waals surface area contributed by atoms with E-state index in [9.17, 15) is 18.0 Å². The number of nitrogens with one attached hydrogen (secondary N) is 2. The number of anilines is 4. The lowest BCUT2D eigenvalue weighted by molar-refractivity contribution is -0.116. The molecular weight excluding hydrogens is 472 g/mol. The van der Waals surface area contributed by atoms with E-state index in [2.05, 4.69) is 15.0 Å². The van der Waals surface area contributed by atoms with Crippen LogP contribution in [0.2, 0.25) is 0 Å². The van der Waals surface area contributed by atoms with Crippen molar-refractivity contribution in [1.82, 2.24) is 4.98 Å². The van der Waals surface area contributed by atoms with Crippen LogP contribution >= 0.6 is 11.3 Å². The van der Waals surface area contributed by atoms with Gasteiger partial charge in [0.1, 0.15) is 0 Å². The number of carbonyl (C=O) groups is 2. The van der Waals surface area contributed by atoms with Crippen molar-refractivity contribution in [2.45, 2.75) is 27.2 Å². The zero-order valence-electron chi connectivity index (χ0n) is 19.1. The van der Waals surface area contributed by atoms with E-state index in [1.165, 1.54) is 29.2 Å². The first-order chi connectivity index (χ1) is 16.2. The summed E-state index contributed by atoms with van der Waals surface area (Å²) in [4.78, 5) is 30.6. The van der Waals surface area contributed by atoms with Crippen molar-refractivity contribution in [3.05, 3.63) is 71.2 Å². The van der Waals surface area contributed by atoms with Gasteiger partial charge in [-0.2, -0.15) is 0 Å². The molecule has 178 valence electrons. The Morgan fingerprint density at radius 2 is 1.79 bits per heavy atom. The predicted molar refractivity (Wildman–Crippen MR) is 138 cm³/mol. The van der Waals surface area contributed by atoms with E-state index in [0.29, 0.717) is 39.9 Å². The number of rotatable bonds is 9. The molecule has 0 unspecified atom stereocenters. The van der Waals surface area contributed by atoms with E-state index in [0.717, 1.165) is 0 Å². The third-order valence-electron chi connectivity index (χ3n) is 4.77. The Kier molecular flexibility index (Phi) is 8.19. The number of sulfonamides is 1. The maximum Gasteiger partial charge on any atom is 0.248 e. The maximum atomic E-state index is 12.5. The van der Waals surface area contributed by atoms with Gasteiger partial charge in [-0.3, -0.25) is 19.2 Å². The van der Waals surface area contributed by atoms with Crippen LogP contribution in [0.3, 0.4) is 0 Å². The fourth-order valence-electron chi connectivity index (χ4n) is 3.16. The summed E-state index contributed by atoms with van der Waals surface area (Å²) in [5, 5.41) is 5.02. The first-order valence-corrected chi connectivity index (χ1v) is 13.1. The zero-order chi connectivity index (χ0) is 24.7. The van der Waals surface area contributed by atoms with Crippen molar-refractivity contribution in [2.24, 2.45) is 0 Å². The minimum atomic E-state index is -3.44. The zero-order valence-corrected chi connectivity index (χ0v) is 20.7. The number of hydrogen-bond donors (Lipinski definition) is 2. The molecule has 0 fully saturated rings. The fourth-order valence-corrected chi connectivity index (χ4v) is 5.21. The Morgan fingerprint density at radius 1 is 1.09 bits per heavy atom. The third-order valence-corrected chi connectivity index (χ3v) is 7.09. The van der Waals surface area contributed by atoms with Crippen LogP contribution in [0.15, 0.2) is 60.0 Å². The van der Waals surface area contributed by atoms with Crippen LogP contribution < -0.4 is 14.9 Å². The average Bonchev–Trinajstić information content (AvgIpc) is 3.24. The SMILES string of the molecule is CCCS(=O)(=O)Nc1cccc(NC(=O)/C=C/c2csc(N(C(C)=O)c3ccccc3)n2)c1C. The summed E-state index contributed by atoms with van der Waals surface area (Å²) in [6.07, 6.45) is 3.40. The molecular formula is C24H26N4O4S2. The van der Waals surface area contributed by atoms with Gasteiger partial charge in [0.2, 0.25) is 21.8 Å². The highest BCUT2D eigenvalue weighted by molar-refractivity contribution is 7.92. The average molecular weight is 499 g/mol. The van der Waals surface area contributed by atoms with Crippen LogP contribution in [0.5, 0.6) is 0 Å². The number of nitrogens with zero attached hydrogens (tertiary/aromatic N) is 2. The molecule has 34 heavy (non-hydrogen) atoms. The van der Waals surface area contributed by atoms with Crippen molar-refractivity contribution in [1.29, 1.82) is 0 Å². The molecule has 3 aromatic rings. The quantitative estimate of drug-likeness (QED) is 0.406. The van der Waals surface area contributed by atoms with Crippen LogP contribution in [0, 0.1) is 6.92 Å². The number of carbonyl (C=O) groups excluding carboxylic acids is 2. The molecule has 0 bridgehead atoms. The van der Waals surface area contributed by atoms with Gasteiger partial charge in [0, 0.05) is 24.1 Å². The summed E-state index contributed by atoms with van der Waals surface area (Å²) < 4.78 is 26.7. The van der Waals surface area contributed by atoms with Crippen LogP contribution in [0.4, 0.5) is 22.2 Å². The minimum absolute atomic E-state index is 0.0206. The van der Waals surface area contributed by atoms with E-state index >= 15 is 0 Å². The van der Waals surface area contributed by atoms with Gasteiger partial charge in [0.25, 0.3) is 0 Å². The number of amides is 2. The number of hydrogen-bond acceptors (Lipinski definition) is 6. The van der Waals surface area contributed by atoms with E-state index in [1.807, 2.05) is 30.3 Å². The Hall–Kier alpha value is -3.50. The normalized spacial score (nSPS) is 11.4. The molecule has 0 saturated carbocycles. The van der Waals surface area contributed by atoms with E-state index in [-0.39, 0.29) is 11.7 Å². The molecule has 0 spiro atoms. The third kappa shape index (κ3) is 6.52. The molecule has 1 aromatic heterocycles. The summed E-state index contributed by atoms with van der Waals surface area (Å²) in [7, 11) is -3.44. The van der Waals surface area contributed by atoms with Crippen molar-refractivity contribution >= 4 is 61.4 Å². The summed E-state index contributed by atoms with van der Waals surface area (Å²) >= 11 is 1.30. The molecule has 0 aliphatic heterocycles. The smallest absolute Gasteiger partial charge is 0.248 e. The lowest BCUT2D eigenvalue weighted by Crippen LogP contribution is -2.22. The van der Waals surface area contributed by atoms with Gasteiger partial charge in [-0.1, -0.05) is 31.2 Å². The van der Waals surface area contributed by atoms with Crippen molar-refractivity contribution in [3.8, 4) is 0 Å². The van der Waals surface area contributed by atoms with Gasteiger partial charge in [-0.15, -0.1) is 11.3 Å². The second-order valence-corrected chi connectivity index (χ2v) is 10.1. The first kappa shape index (κ1) is 25.1. The van der Waals surface area contributed by atoms with E-state index in [1.54, 1.807) is 43.5 Å². The summed E-state index contributed by atoms with van der Waals surface area (Å²) in [5.74, 6) is -0.538. The number of aromatic nitrogens is 1. The van der Waals surface area contributed by atoms with Crippen molar-refractivity contribution in [2.75, 3.05) is 20.7 Å². The Balaban J connectivity index is 1.71. The van der Waals surface area contributed by atoms with Crippen LogP contribution in [0.1, 0.15) is 31.5 Å². The molecule has 8 nitrogen and oxygen atoms in total. The second-order valence-electron chi connectivity index (χ2n) is 7.47. The van der Waals surface area contributed by atoms with Gasteiger partial charge in [-0.25, -0.2) is 13.4 Å². The minimum Gasteiger partial charge on any atom is -0.322 e. The molecule has 0 aliphatic carbocycles. The molecule has 0 atom stereocenters. The molecule has 0 radical (unpaired) electrons. The monoisotopic (exact) mass is 498 g/mol.